The fourth-order valence-corrected chi connectivity index (χ4v) is 5.86. The van der Waals surface area contributed by atoms with Crippen molar-refractivity contribution in [2.45, 2.75) is 69.6 Å². The van der Waals surface area contributed by atoms with Gasteiger partial charge in [0.05, 0.1) is 0 Å². The van der Waals surface area contributed by atoms with E-state index < -0.39 is 8.32 Å². The van der Waals surface area contributed by atoms with Crippen molar-refractivity contribution in [3.8, 4) is 0 Å². The number of ether oxygens (including phenoxy) is 1. The Morgan fingerprint density at radius 1 is 1.23 bits per heavy atom. The molecule has 1 aromatic rings. The maximum atomic E-state index is 12.6. The molecular weight excluding hydrogens is 407 g/mol. The molecule has 0 N–H and O–H groups in total. The molecule has 1 rings (SSSR count). The molecule has 0 saturated carbocycles. The van der Waals surface area contributed by atoms with Gasteiger partial charge < -0.3 is 0 Å². The van der Waals surface area contributed by atoms with Gasteiger partial charge in [0.15, 0.2) is 0 Å². The average molecular weight is 442 g/mol. The first-order valence-electron chi connectivity index (χ1n) is 9.26. The third-order valence-electron chi connectivity index (χ3n) is 4.76. The van der Waals surface area contributed by atoms with E-state index >= 15 is 0 Å². The van der Waals surface area contributed by atoms with Gasteiger partial charge in [0.2, 0.25) is 0 Å². The van der Waals surface area contributed by atoms with E-state index in [0.717, 1.165) is 12.8 Å². The Balaban J connectivity index is 3.17. The van der Waals surface area contributed by atoms with Crippen molar-refractivity contribution in [1.29, 1.82) is 0 Å². The van der Waals surface area contributed by atoms with Gasteiger partial charge in [-0.1, -0.05) is 0 Å². The van der Waals surface area contributed by atoms with Crippen LogP contribution in [-0.4, -0.2) is 42.5 Å². The molecule has 0 aliphatic heterocycles. The summed E-state index contributed by atoms with van der Waals surface area (Å²) in [6, 6.07) is 10.2. The molecule has 0 aliphatic carbocycles. The summed E-state index contributed by atoms with van der Waals surface area (Å²) in [5.41, 5.74) is 0. The zero-order chi connectivity index (χ0) is 19.8. The molecule has 0 radical (unpaired) electrons. The van der Waals surface area contributed by atoms with Crippen LogP contribution in [0, 0.1) is 0 Å². The van der Waals surface area contributed by atoms with Gasteiger partial charge in [-0.25, -0.2) is 0 Å². The van der Waals surface area contributed by atoms with Gasteiger partial charge in [0.1, 0.15) is 0 Å². The number of hydrogen-bond donors (Lipinski definition) is 0. The topological polar surface area (TPSA) is 35.5 Å². The Bertz CT molecular complexity index is 579. The fraction of sp³-hybridized carbons (Fsp3) is 0.571. The molecular formula is C21H34O3SeSi. The van der Waals surface area contributed by atoms with E-state index in [1.807, 2.05) is 18.2 Å². The van der Waals surface area contributed by atoms with Crippen molar-refractivity contribution < 1.29 is 14.0 Å². The third-order valence-corrected chi connectivity index (χ3v) is 11.9. The van der Waals surface area contributed by atoms with Crippen LogP contribution in [0.5, 0.6) is 0 Å². The Hall–Kier alpha value is -0.874. The normalized spacial score (nSPS) is 15.0. The van der Waals surface area contributed by atoms with E-state index in [-0.39, 0.29) is 36.9 Å². The second kappa shape index (κ2) is 10.5. The van der Waals surface area contributed by atoms with Gasteiger partial charge in [-0.05, 0) is 0 Å². The number of esters is 1. The van der Waals surface area contributed by atoms with Crippen molar-refractivity contribution in [2.24, 2.45) is 0 Å². The Morgan fingerprint density at radius 2 is 1.85 bits per heavy atom. The van der Waals surface area contributed by atoms with E-state index in [2.05, 4.69) is 65.1 Å². The zero-order valence-corrected chi connectivity index (χ0v) is 20.0. The summed E-state index contributed by atoms with van der Waals surface area (Å²) in [6.45, 7) is 13.3. The number of methoxy groups -OCH3 is 1. The van der Waals surface area contributed by atoms with Crippen LogP contribution in [0.1, 0.15) is 40.5 Å². The van der Waals surface area contributed by atoms with E-state index in [0.29, 0.717) is 0 Å². The van der Waals surface area contributed by atoms with Crippen LogP contribution in [0.4, 0.5) is 0 Å². The molecule has 0 aliphatic rings. The average Bonchev–Trinajstić information content (AvgIpc) is 2.58. The SMILES string of the molecule is CCC/C=C/[C@H](O[Si](C)(C)C(C)(C)C)[C@@H]([Se]c1ccccc1)C(=O)OC. The van der Waals surface area contributed by atoms with Gasteiger partial charge in [0, 0.05) is 0 Å². The second-order valence-electron chi connectivity index (χ2n) is 7.93. The predicted octanol–water partition coefficient (Wildman–Crippen LogP) is 4.72. The number of hydrogen-bond acceptors (Lipinski definition) is 3. The molecule has 0 saturated heterocycles. The van der Waals surface area contributed by atoms with E-state index in [1.165, 1.54) is 11.6 Å². The quantitative estimate of drug-likeness (QED) is 0.316. The molecule has 3 nitrogen and oxygen atoms in total. The summed E-state index contributed by atoms with van der Waals surface area (Å²) in [4.78, 5) is 12.3. The number of carbonyl (C=O) groups excluding carboxylic acids is 1. The molecule has 5 heteroatoms. The summed E-state index contributed by atoms with van der Waals surface area (Å²) in [7, 11) is -0.548. The Labute approximate surface area is 166 Å². The first-order chi connectivity index (χ1) is 12.1. The van der Waals surface area contributed by atoms with Crippen molar-refractivity contribution in [1.82, 2.24) is 0 Å². The van der Waals surface area contributed by atoms with Crippen LogP contribution in [0.25, 0.3) is 0 Å². The molecule has 146 valence electrons. The summed E-state index contributed by atoms with van der Waals surface area (Å²) in [5, 5.41) is 0.0876. The number of allylic oxidation sites excluding steroid dienone is 1. The van der Waals surface area contributed by atoms with Crippen LogP contribution in [0.15, 0.2) is 42.5 Å². The summed E-state index contributed by atoms with van der Waals surface area (Å²) < 4.78 is 13.0. The van der Waals surface area contributed by atoms with Crippen LogP contribution >= 0.6 is 0 Å². The minimum atomic E-state index is -2.02. The molecule has 26 heavy (non-hydrogen) atoms. The van der Waals surface area contributed by atoms with Crippen LogP contribution in [0.3, 0.4) is 0 Å². The number of benzene rings is 1. The van der Waals surface area contributed by atoms with Gasteiger partial charge >= 0.3 is 167 Å². The van der Waals surface area contributed by atoms with Crippen LogP contribution in [-0.2, 0) is 14.0 Å². The number of unbranched alkanes of at least 4 members (excludes halogenated alkanes) is 1. The van der Waals surface area contributed by atoms with Gasteiger partial charge in [0.25, 0.3) is 0 Å². The second-order valence-corrected chi connectivity index (χ2v) is 15.2. The summed E-state index contributed by atoms with van der Waals surface area (Å²) in [5.74, 6) is -0.182. The van der Waals surface area contributed by atoms with Crippen molar-refractivity contribution in [3.05, 3.63) is 42.5 Å². The van der Waals surface area contributed by atoms with E-state index in [1.54, 1.807) is 0 Å². The molecule has 0 spiro atoms. The van der Waals surface area contributed by atoms with E-state index in [4.69, 9.17) is 9.16 Å². The molecule has 0 aromatic heterocycles. The van der Waals surface area contributed by atoms with Crippen LogP contribution in [0.2, 0.25) is 22.9 Å². The van der Waals surface area contributed by atoms with Gasteiger partial charge in [-0.15, -0.1) is 0 Å². The van der Waals surface area contributed by atoms with E-state index in [9.17, 15) is 4.79 Å². The molecule has 0 fully saturated rings. The van der Waals surface area contributed by atoms with Gasteiger partial charge in [-0.3, -0.25) is 0 Å². The molecule has 2 atom stereocenters. The number of carbonyl (C=O) groups is 1. The minimum absolute atomic E-state index is 0.0576. The first-order valence-corrected chi connectivity index (χ1v) is 14.0. The van der Waals surface area contributed by atoms with Gasteiger partial charge in [-0.2, -0.15) is 0 Å². The molecule has 0 bridgehead atoms. The predicted molar refractivity (Wildman–Crippen MR) is 114 cm³/mol. The molecule has 0 heterocycles. The standard InChI is InChI=1S/C21H34O3SeSi/c1-8-9-11-16-18(24-26(6,7)21(2,3)4)19(20(22)23-5)25-17-14-12-10-13-15-17/h10-16,18-19H,8-9H2,1-7H3/b16-11+/t18-,19+/m0/s1. The third kappa shape index (κ3) is 7.03. The zero-order valence-electron chi connectivity index (χ0n) is 17.2. The van der Waals surface area contributed by atoms with Crippen molar-refractivity contribution >= 4 is 33.7 Å². The van der Waals surface area contributed by atoms with Crippen molar-refractivity contribution in [2.75, 3.05) is 7.11 Å². The fourth-order valence-electron chi connectivity index (χ4n) is 2.13. The van der Waals surface area contributed by atoms with Crippen LogP contribution < -0.4 is 4.46 Å². The Morgan fingerprint density at radius 3 is 2.35 bits per heavy atom. The molecule has 1 aromatic carbocycles. The summed E-state index contributed by atoms with van der Waals surface area (Å²) in [6.07, 6.45) is 6.07. The monoisotopic (exact) mass is 442 g/mol. The Kier molecular flexibility index (Phi) is 9.32. The number of rotatable bonds is 9. The molecule has 0 unspecified atom stereocenters. The maximum absolute atomic E-state index is 12.6. The first kappa shape index (κ1) is 23.2. The molecule has 0 amide bonds. The van der Waals surface area contributed by atoms with Crippen molar-refractivity contribution in [3.63, 3.8) is 0 Å². The summed E-state index contributed by atoms with van der Waals surface area (Å²) >= 11 is -0.0576.